The Hall–Kier alpha value is -1.47. The molecule has 14 heavy (non-hydrogen) atoms. The fraction of sp³-hybridized carbons (Fsp3) is 0.143. The highest BCUT2D eigenvalue weighted by Crippen LogP contribution is 1.96. The van der Waals surface area contributed by atoms with Crippen LogP contribution < -0.4 is 10.8 Å². The molecule has 1 aromatic rings. The molecule has 0 atom stereocenters. The monoisotopic (exact) mass is 198 g/mol. The standard InChI is InChI=1S/C7H8BFN2O3/c1-10-7(12)5-2-4(8(13)14)3-6(9)11-5/h2-3,13-14H,1H3,(H,10,12). The third kappa shape index (κ3) is 2.27. The summed E-state index contributed by atoms with van der Waals surface area (Å²) >= 11 is 0. The summed E-state index contributed by atoms with van der Waals surface area (Å²) in [5.41, 5.74) is -0.313. The molecule has 5 nitrogen and oxygen atoms in total. The number of rotatable bonds is 2. The van der Waals surface area contributed by atoms with E-state index in [0.717, 1.165) is 12.1 Å². The molecule has 0 aliphatic carbocycles. The van der Waals surface area contributed by atoms with Gasteiger partial charge in [0, 0.05) is 7.05 Å². The van der Waals surface area contributed by atoms with Crippen molar-refractivity contribution in [2.45, 2.75) is 0 Å². The van der Waals surface area contributed by atoms with E-state index in [9.17, 15) is 9.18 Å². The topological polar surface area (TPSA) is 82.5 Å². The molecule has 0 saturated heterocycles. The molecule has 0 radical (unpaired) electrons. The second-order valence-electron chi connectivity index (χ2n) is 2.56. The maximum atomic E-state index is 12.8. The van der Waals surface area contributed by atoms with E-state index in [1.165, 1.54) is 7.05 Å². The van der Waals surface area contributed by atoms with Crippen molar-refractivity contribution < 1.29 is 19.2 Å². The lowest BCUT2D eigenvalue weighted by Gasteiger charge is -2.02. The summed E-state index contributed by atoms with van der Waals surface area (Å²) in [6.07, 6.45) is 0. The Kier molecular flexibility index (Phi) is 3.16. The number of hydrogen-bond donors (Lipinski definition) is 3. The van der Waals surface area contributed by atoms with Crippen LogP contribution in [0.4, 0.5) is 4.39 Å². The highest BCUT2D eigenvalue weighted by Gasteiger charge is 2.16. The minimum atomic E-state index is -1.82. The van der Waals surface area contributed by atoms with E-state index in [-0.39, 0.29) is 11.2 Å². The van der Waals surface area contributed by atoms with Gasteiger partial charge in [0.2, 0.25) is 5.95 Å². The van der Waals surface area contributed by atoms with E-state index in [0.29, 0.717) is 0 Å². The van der Waals surface area contributed by atoms with Crippen LogP contribution in [0.25, 0.3) is 0 Å². The molecule has 1 rings (SSSR count). The Morgan fingerprint density at radius 3 is 2.71 bits per heavy atom. The zero-order valence-corrected chi connectivity index (χ0v) is 7.36. The van der Waals surface area contributed by atoms with E-state index in [1.807, 2.05) is 0 Å². The fourth-order valence-electron chi connectivity index (χ4n) is 0.910. The molecule has 0 fully saturated rings. The van der Waals surface area contributed by atoms with Crippen molar-refractivity contribution in [1.29, 1.82) is 0 Å². The van der Waals surface area contributed by atoms with E-state index in [1.54, 1.807) is 0 Å². The maximum absolute atomic E-state index is 12.8. The number of aromatic nitrogens is 1. The number of carbonyl (C=O) groups excluding carboxylic acids is 1. The van der Waals surface area contributed by atoms with Crippen LogP contribution in [0, 0.1) is 5.95 Å². The van der Waals surface area contributed by atoms with Crippen molar-refractivity contribution in [2.75, 3.05) is 7.05 Å². The number of hydrogen-bond acceptors (Lipinski definition) is 4. The van der Waals surface area contributed by atoms with Crippen LogP contribution in [-0.4, -0.2) is 35.1 Å². The number of halogens is 1. The van der Waals surface area contributed by atoms with Gasteiger partial charge in [-0.2, -0.15) is 4.39 Å². The Morgan fingerprint density at radius 2 is 2.21 bits per heavy atom. The van der Waals surface area contributed by atoms with Crippen LogP contribution in [-0.2, 0) is 0 Å². The molecule has 0 bridgehead atoms. The van der Waals surface area contributed by atoms with Crippen LogP contribution in [0.2, 0.25) is 0 Å². The second-order valence-corrected chi connectivity index (χ2v) is 2.56. The maximum Gasteiger partial charge on any atom is 0.488 e. The van der Waals surface area contributed by atoms with E-state index in [2.05, 4.69) is 10.3 Å². The second kappa shape index (κ2) is 4.16. The molecule has 0 saturated carbocycles. The third-order valence-corrected chi connectivity index (χ3v) is 1.57. The SMILES string of the molecule is CNC(=O)c1cc(B(O)O)cc(F)n1. The summed E-state index contributed by atoms with van der Waals surface area (Å²) in [5, 5.41) is 19.8. The summed E-state index contributed by atoms with van der Waals surface area (Å²) in [4.78, 5) is 14.3. The largest absolute Gasteiger partial charge is 0.488 e. The smallest absolute Gasteiger partial charge is 0.423 e. The molecule has 0 unspecified atom stereocenters. The minimum Gasteiger partial charge on any atom is -0.423 e. The molecule has 0 aliphatic heterocycles. The summed E-state index contributed by atoms with van der Waals surface area (Å²) in [6, 6.07) is 1.95. The molecule has 1 aromatic heterocycles. The molecule has 3 N–H and O–H groups in total. The highest BCUT2D eigenvalue weighted by atomic mass is 19.1. The van der Waals surface area contributed by atoms with E-state index < -0.39 is 19.0 Å². The molecule has 0 spiro atoms. The molecule has 0 aromatic carbocycles. The van der Waals surface area contributed by atoms with Gasteiger partial charge in [0.15, 0.2) is 0 Å². The first kappa shape index (κ1) is 10.6. The number of carbonyl (C=O) groups is 1. The Balaban J connectivity index is 3.13. The van der Waals surface area contributed by atoms with Gasteiger partial charge in [-0.1, -0.05) is 0 Å². The Morgan fingerprint density at radius 1 is 1.57 bits per heavy atom. The van der Waals surface area contributed by atoms with Crippen LogP contribution >= 0.6 is 0 Å². The van der Waals surface area contributed by atoms with Gasteiger partial charge in [-0.05, 0) is 17.6 Å². The molecule has 1 amide bonds. The van der Waals surface area contributed by atoms with Crippen molar-refractivity contribution in [3.8, 4) is 0 Å². The molecule has 1 heterocycles. The Bertz CT molecular complexity index is 359. The lowest BCUT2D eigenvalue weighted by atomic mass is 9.80. The number of nitrogens with one attached hydrogen (secondary N) is 1. The van der Waals surface area contributed by atoms with Crippen molar-refractivity contribution in [3.63, 3.8) is 0 Å². The average molecular weight is 198 g/mol. The normalized spacial score (nSPS) is 9.71. The summed E-state index contributed by atoms with van der Waals surface area (Å²) in [5.74, 6) is -1.53. The molecule has 74 valence electrons. The zero-order chi connectivity index (χ0) is 10.7. The van der Waals surface area contributed by atoms with Gasteiger partial charge in [-0.15, -0.1) is 0 Å². The quantitative estimate of drug-likeness (QED) is 0.389. The first-order valence-corrected chi connectivity index (χ1v) is 3.80. The van der Waals surface area contributed by atoms with Crippen molar-refractivity contribution >= 4 is 18.5 Å². The summed E-state index contributed by atoms with van der Waals surface area (Å²) in [7, 11) is -0.458. The van der Waals surface area contributed by atoms with Crippen molar-refractivity contribution in [1.82, 2.24) is 10.3 Å². The van der Waals surface area contributed by atoms with Gasteiger partial charge in [-0.25, -0.2) is 4.98 Å². The molecule has 7 heteroatoms. The number of nitrogens with zero attached hydrogens (tertiary/aromatic N) is 1. The van der Waals surface area contributed by atoms with Crippen LogP contribution in [0.1, 0.15) is 10.5 Å². The molecule has 0 aliphatic rings. The summed E-state index contributed by atoms with van der Waals surface area (Å²) in [6.45, 7) is 0. The van der Waals surface area contributed by atoms with Crippen LogP contribution in [0.15, 0.2) is 12.1 Å². The first-order chi connectivity index (χ1) is 6.54. The fourth-order valence-corrected chi connectivity index (χ4v) is 0.910. The van der Waals surface area contributed by atoms with Gasteiger partial charge in [0.25, 0.3) is 5.91 Å². The van der Waals surface area contributed by atoms with Crippen molar-refractivity contribution in [2.24, 2.45) is 0 Å². The predicted octanol–water partition coefficient (Wildman–Crippen LogP) is -1.74. The van der Waals surface area contributed by atoms with E-state index >= 15 is 0 Å². The Labute approximate surface area is 79.7 Å². The lowest BCUT2D eigenvalue weighted by Crippen LogP contribution is -2.32. The van der Waals surface area contributed by atoms with Gasteiger partial charge >= 0.3 is 7.12 Å². The predicted molar refractivity (Wildman–Crippen MR) is 47.4 cm³/mol. The minimum absolute atomic E-state index is 0.115. The lowest BCUT2D eigenvalue weighted by molar-refractivity contribution is 0.0957. The van der Waals surface area contributed by atoms with Crippen LogP contribution in [0.3, 0.4) is 0 Å². The van der Waals surface area contributed by atoms with Crippen molar-refractivity contribution in [3.05, 3.63) is 23.8 Å². The van der Waals surface area contributed by atoms with Gasteiger partial charge < -0.3 is 15.4 Å². The first-order valence-electron chi connectivity index (χ1n) is 3.80. The van der Waals surface area contributed by atoms with Gasteiger partial charge in [0.05, 0.1) is 0 Å². The average Bonchev–Trinajstić information content (AvgIpc) is 2.15. The van der Waals surface area contributed by atoms with E-state index in [4.69, 9.17) is 10.0 Å². The zero-order valence-electron chi connectivity index (χ0n) is 7.36. The summed E-state index contributed by atoms with van der Waals surface area (Å²) < 4.78 is 12.8. The van der Waals surface area contributed by atoms with Gasteiger partial charge in [-0.3, -0.25) is 4.79 Å². The molecular weight excluding hydrogens is 190 g/mol. The number of pyridine rings is 1. The highest BCUT2D eigenvalue weighted by molar-refractivity contribution is 6.58. The molecular formula is C7H8BFN2O3. The van der Waals surface area contributed by atoms with Crippen LogP contribution in [0.5, 0.6) is 0 Å². The number of amides is 1. The van der Waals surface area contributed by atoms with Gasteiger partial charge in [0.1, 0.15) is 5.69 Å². The third-order valence-electron chi connectivity index (χ3n) is 1.57.